The molecule has 2 atom stereocenters. The molecule has 1 heterocycles. The molecule has 1 aromatic rings. The zero-order chi connectivity index (χ0) is 17.3. The highest BCUT2D eigenvalue weighted by Crippen LogP contribution is 2.39. The number of nitrogens with zero attached hydrogens (tertiary/aromatic N) is 1. The van der Waals surface area contributed by atoms with E-state index in [1.807, 2.05) is 0 Å². The summed E-state index contributed by atoms with van der Waals surface area (Å²) >= 11 is 5.35. The van der Waals surface area contributed by atoms with Crippen LogP contribution in [-0.2, 0) is 16.0 Å². The molecular formula is C16H19NO5S. The lowest BCUT2D eigenvalue weighted by Gasteiger charge is -2.41. The van der Waals surface area contributed by atoms with Crippen LogP contribution in [0.15, 0.2) is 12.1 Å². The second-order valence-corrected chi connectivity index (χ2v) is 6.25. The van der Waals surface area contributed by atoms with E-state index in [9.17, 15) is 24.9 Å². The van der Waals surface area contributed by atoms with Crippen molar-refractivity contribution in [3.05, 3.63) is 23.3 Å². The highest BCUT2D eigenvalue weighted by molar-refractivity contribution is 7.80. The zero-order valence-electron chi connectivity index (χ0n) is 12.9. The van der Waals surface area contributed by atoms with Crippen LogP contribution in [0.5, 0.6) is 11.5 Å². The summed E-state index contributed by atoms with van der Waals surface area (Å²) in [5.74, 6) is -1.54. The molecule has 0 aliphatic carbocycles. The van der Waals surface area contributed by atoms with Gasteiger partial charge in [0.1, 0.15) is 11.8 Å². The van der Waals surface area contributed by atoms with Gasteiger partial charge in [-0.3, -0.25) is 0 Å². The number of rotatable bonds is 4. The van der Waals surface area contributed by atoms with Crippen LogP contribution in [0.4, 0.5) is 0 Å². The normalized spacial score (nSPS) is 20.0. The van der Waals surface area contributed by atoms with E-state index in [0.29, 0.717) is 17.0 Å². The Balaban J connectivity index is 2.39. The van der Waals surface area contributed by atoms with Gasteiger partial charge in [-0.2, -0.15) is 0 Å². The van der Waals surface area contributed by atoms with Crippen LogP contribution in [0.25, 0.3) is 0 Å². The molecule has 0 saturated carbocycles. The maximum atomic E-state index is 11.6. The third-order valence-electron chi connectivity index (χ3n) is 4.12. The Bertz CT molecular complexity index is 673. The first kappa shape index (κ1) is 17.2. The lowest BCUT2D eigenvalue weighted by atomic mass is 9.88. The summed E-state index contributed by atoms with van der Waals surface area (Å²) in [5.41, 5.74) is 1.40. The van der Waals surface area contributed by atoms with E-state index in [0.717, 1.165) is 5.56 Å². The Kier molecular flexibility index (Phi) is 4.89. The van der Waals surface area contributed by atoms with Crippen LogP contribution in [0, 0.1) is 0 Å². The van der Waals surface area contributed by atoms with Crippen molar-refractivity contribution in [2.24, 2.45) is 0 Å². The summed E-state index contributed by atoms with van der Waals surface area (Å²) in [5, 5.41) is 28.9. The van der Waals surface area contributed by atoms with Gasteiger partial charge in [0, 0.05) is 19.3 Å². The molecule has 1 aliphatic heterocycles. The lowest BCUT2D eigenvalue weighted by Crippen LogP contribution is -2.50. The number of aliphatic carboxylic acids is 1. The van der Waals surface area contributed by atoms with Gasteiger partial charge in [-0.1, -0.05) is 12.2 Å². The van der Waals surface area contributed by atoms with Crippen LogP contribution < -0.4 is 0 Å². The van der Waals surface area contributed by atoms with Crippen molar-refractivity contribution >= 4 is 29.0 Å². The minimum atomic E-state index is -1.01. The fourth-order valence-corrected chi connectivity index (χ4v) is 3.32. The van der Waals surface area contributed by atoms with Crippen molar-refractivity contribution in [1.29, 1.82) is 0 Å². The summed E-state index contributed by atoms with van der Waals surface area (Å²) < 4.78 is 0. The van der Waals surface area contributed by atoms with E-state index in [4.69, 9.17) is 12.2 Å². The minimum absolute atomic E-state index is 0.00754. The first-order valence-electron chi connectivity index (χ1n) is 7.30. The first-order valence-corrected chi connectivity index (χ1v) is 7.71. The predicted octanol–water partition coefficient (Wildman–Crippen LogP) is 2.17. The van der Waals surface area contributed by atoms with Gasteiger partial charge in [0.05, 0.1) is 11.0 Å². The molecule has 3 N–H and O–H groups in total. The number of hydrogen-bond donors (Lipinski definition) is 3. The Morgan fingerprint density at radius 3 is 2.43 bits per heavy atom. The summed E-state index contributed by atoms with van der Waals surface area (Å²) in [4.78, 5) is 24.8. The average molecular weight is 337 g/mol. The summed E-state index contributed by atoms with van der Waals surface area (Å²) in [6.45, 7) is 3.26. The Morgan fingerprint density at radius 1 is 1.26 bits per heavy atom. The van der Waals surface area contributed by atoms with Crippen LogP contribution >= 0.6 is 12.2 Å². The molecular weight excluding hydrogens is 318 g/mol. The molecule has 0 bridgehead atoms. The fraction of sp³-hybridized carbons (Fsp3) is 0.438. The Hall–Kier alpha value is -2.15. The number of phenols is 2. The molecule has 0 unspecified atom stereocenters. The SMILES string of the molecule is CC(=O)CCC(=S)N1[C@H](C)c2cc(O)c(O)cc2C[C@H]1C(=O)O. The monoisotopic (exact) mass is 337 g/mol. The number of benzene rings is 1. The van der Waals surface area contributed by atoms with Crippen molar-refractivity contribution in [3.63, 3.8) is 0 Å². The molecule has 0 saturated heterocycles. The molecule has 7 heteroatoms. The molecule has 2 rings (SSSR count). The molecule has 1 aromatic carbocycles. The fourth-order valence-electron chi connectivity index (χ4n) is 2.94. The summed E-state index contributed by atoms with van der Waals surface area (Å²) in [6, 6.07) is 1.60. The van der Waals surface area contributed by atoms with Crippen LogP contribution in [0.3, 0.4) is 0 Å². The number of ketones is 1. The summed E-state index contributed by atoms with van der Waals surface area (Å²) in [6.07, 6.45) is 0.753. The first-order chi connectivity index (χ1) is 10.7. The van der Waals surface area contributed by atoms with E-state index < -0.39 is 12.0 Å². The second-order valence-electron chi connectivity index (χ2n) is 5.78. The minimum Gasteiger partial charge on any atom is -0.504 e. The topological polar surface area (TPSA) is 98.1 Å². The Labute approximate surface area is 139 Å². The number of fused-ring (bicyclic) bond motifs is 1. The predicted molar refractivity (Wildman–Crippen MR) is 87.7 cm³/mol. The zero-order valence-corrected chi connectivity index (χ0v) is 13.8. The molecule has 6 nitrogen and oxygen atoms in total. The maximum Gasteiger partial charge on any atom is 0.326 e. The number of carboxylic acids is 1. The van der Waals surface area contributed by atoms with Gasteiger partial charge in [-0.15, -0.1) is 0 Å². The number of aromatic hydroxyl groups is 2. The molecule has 1 aliphatic rings. The van der Waals surface area contributed by atoms with E-state index >= 15 is 0 Å². The van der Waals surface area contributed by atoms with Gasteiger partial charge in [0.15, 0.2) is 11.5 Å². The maximum absolute atomic E-state index is 11.6. The second kappa shape index (κ2) is 6.54. The Morgan fingerprint density at radius 2 is 1.87 bits per heavy atom. The molecule has 0 amide bonds. The standard InChI is InChI=1S/C16H19NO5S/c1-8(18)3-4-15(23)17-9(2)11-7-14(20)13(19)6-10(11)5-12(17)16(21)22/h6-7,9,12,19-20H,3-5H2,1-2H3,(H,21,22)/t9-,12+/m1/s1. The number of hydrogen-bond acceptors (Lipinski definition) is 5. The van der Waals surface area contributed by atoms with Gasteiger partial charge < -0.3 is 25.0 Å². The third-order valence-corrected chi connectivity index (χ3v) is 4.53. The van der Waals surface area contributed by atoms with E-state index in [1.165, 1.54) is 19.1 Å². The molecule has 0 radical (unpaired) electrons. The van der Waals surface area contributed by atoms with Crippen LogP contribution in [0.2, 0.25) is 0 Å². The molecule has 23 heavy (non-hydrogen) atoms. The van der Waals surface area contributed by atoms with Gasteiger partial charge >= 0.3 is 5.97 Å². The summed E-state index contributed by atoms with van der Waals surface area (Å²) in [7, 11) is 0. The van der Waals surface area contributed by atoms with Gasteiger partial charge in [0.25, 0.3) is 0 Å². The highest BCUT2D eigenvalue weighted by Gasteiger charge is 2.37. The van der Waals surface area contributed by atoms with Crippen molar-refractivity contribution in [2.75, 3.05) is 0 Å². The lowest BCUT2D eigenvalue weighted by molar-refractivity contribution is -0.142. The largest absolute Gasteiger partial charge is 0.504 e. The highest BCUT2D eigenvalue weighted by atomic mass is 32.1. The number of carbonyl (C=O) groups is 2. The van der Waals surface area contributed by atoms with Gasteiger partial charge in [-0.25, -0.2) is 4.79 Å². The number of phenolic OH excluding ortho intramolecular Hbond substituents is 2. The van der Waals surface area contributed by atoms with Crippen molar-refractivity contribution in [3.8, 4) is 11.5 Å². The smallest absolute Gasteiger partial charge is 0.326 e. The quantitative estimate of drug-likeness (QED) is 0.572. The van der Waals surface area contributed by atoms with Crippen molar-refractivity contribution in [2.45, 2.75) is 45.2 Å². The molecule has 0 aromatic heterocycles. The third kappa shape index (κ3) is 3.44. The van der Waals surface area contributed by atoms with Crippen LogP contribution in [0.1, 0.15) is 43.9 Å². The average Bonchev–Trinajstić information content (AvgIpc) is 2.46. The molecule has 124 valence electrons. The van der Waals surface area contributed by atoms with Crippen molar-refractivity contribution in [1.82, 2.24) is 4.90 Å². The number of Topliss-reactive ketones (excluding diaryl/α,β-unsaturated/α-hetero) is 1. The van der Waals surface area contributed by atoms with E-state index in [-0.39, 0.29) is 36.2 Å². The molecule has 0 fully saturated rings. The van der Waals surface area contributed by atoms with Gasteiger partial charge in [-0.05, 0) is 37.1 Å². The van der Waals surface area contributed by atoms with E-state index in [2.05, 4.69) is 0 Å². The van der Waals surface area contributed by atoms with Crippen molar-refractivity contribution < 1.29 is 24.9 Å². The number of carboxylic acid groups (broad SMARTS) is 1. The van der Waals surface area contributed by atoms with Gasteiger partial charge in [0.2, 0.25) is 0 Å². The molecule has 0 spiro atoms. The van der Waals surface area contributed by atoms with E-state index in [1.54, 1.807) is 11.8 Å². The number of carbonyl (C=O) groups excluding carboxylic acids is 1. The number of thiocarbonyl (C=S) groups is 1. The van der Waals surface area contributed by atoms with Crippen LogP contribution in [-0.4, -0.2) is 43.0 Å².